The molecule has 34 heavy (non-hydrogen) atoms. The molecule has 4 aromatic rings. The topological polar surface area (TPSA) is 107 Å². The van der Waals surface area contributed by atoms with Gasteiger partial charge in [-0.05, 0) is 42.5 Å². The van der Waals surface area contributed by atoms with Crippen LogP contribution in [0.15, 0.2) is 82.7 Å². The monoisotopic (exact) mass is 499 g/mol. The maximum Gasteiger partial charge on any atom is 0.325 e. The first kappa shape index (κ1) is 23.3. The third kappa shape index (κ3) is 4.90. The number of anilines is 1. The first-order chi connectivity index (χ1) is 16.3. The van der Waals surface area contributed by atoms with Crippen LogP contribution in [0.25, 0.3) is 10.2 Å². The van der Waals surface area contributed by atoms with Crippen molar-refractivity contribution in [1.29, 1.82) is 0 Å². The minimum atomic E-state index is -3.85. The molecule has 0 aliphatic carbocycles. The van der Waals surface area contributed by atoms with E-state index in [0.717, 1.165) is 11.3 Å². The molecule has 0 aliphatic rings. The zero-order valence-corrected chi connectivity index (χ0v) is 19.4. The number of para-hydroxylation sites is 1. The Morgan fingerprint density at radius 3 is 2.53 bits per heavy atom. The maximum atomic E-state index is 14.5. The molecule has 0 radical (unpaired) electrons. The molecule has 0 fully saturated rings. The van der Waals surface area contributed by atoms with E-state index >= 15 is 0 Å². The summed E-state index contributed by atoms with van der Waals surface area (Å²) < 4.78 is 48.5. The Bertz CT molecular complexity index is 1560. The van der Waals surface area contributed by atoms with Crippen LogP contribution in [-0.4, -0.2) is 32.0 Å². The molecule has 3 aromatic carbocycles. The number of aromatic nitrogens is 1. The number of esters is 1. The van der Waals surface area contributed by atoms with Crippen molar-refractivity contribution in [3.8, 4) is 0 Å². The summed E-state index contributed by atoms with van der Waals surface area (Å²) >= 11 is 1.04. The summed E-state index contributed by atoms with van der Waals surface area (Å²) in [4.78, 5) is 29.1. The Morgan fingerprint density at radius 2 is 1.79 bits per heavy atom. The number of carbonyl (C=O) groups is 2. The number of amides is 1. The maximum absolute atomic E-state index is 14.5. The number of nitrogens with one attached hydrogen (secondary N) is 1. The number of carbonyl (C=O) groups excluding carboxylic acids is 2. The van der Waals surface area contributed by atoms with Gasteiger partial charge in [-0.25, -0.2) is 12.8 Å². The van der Waals surface area contributed by atoms with Crippen LogP contribution < -0.4 is 9.52 Å². The highest BCUT2D eigenvalue weighted by Crippen LogP contribution is 2.21. The third-order valence-electron chi connectivity index (χ3n) is 4.78. The average molecular weight is 500 g/mol. The molecule has 0 saturated carbocycles. The van der Waals surface area contributed by atoms with Gasteiger partial charge in [0.1, 0.15) is 12.4 Å². The van der Waals surface area contributed by atoms with E-state index in [0.29, 0.717) is 4.70 Å². The van der Waals surface area contributed by atoms with E-state index in [4.69, 9.17) is 0 Å². The Morgan fingerprint density at radius 1 is 1.06 bits per heavy atom. The molecule has 8 nitrogen and oxygen atoms in total. The molecule has 4 rings (SSSR count). The van der Waals surface area contributed by atoms with E-state index in [1.54, 1.807) is 24.3 Å². The Kier molecular flexibility index (Phi) is 6.57. The van der Waals surface area contributed by atoms with Crippen molar-refractivity contribution in [2.24, 2.45) is 4.99 Å². The largest absolute Gasteiger partial charge is 0.468 e. The van der Waals surface area contributed by atoms with E-state index in [9.17, 15) is 22.4 Å². The average Bonchev–Trinajstić information content (AvgIpc) is 3.17. The molecular weight excluding hydrogens is 481 g/mol. The van der Waals surface area contributed by atoms with Crippen LogP contribution in [0.3, 0.4) is 0 Å². The fourth-order valence-corrected chi connectivity index (χ4v) is 5.31. The van der Waals surface area contributed by atoms with Crippen LogP contribution in [0.4, 0.5) is 10.1 Å². The summed E-state index contributed by atoms with van der Waals surface area (Å²) in [6.45, 7) is -0.333. The summed E-state index contributed by atoms with van der Waals surface area (Å²) in [6.07, 6.45) is 0. The summed E-state index contributed by atoms with van der Waals surface area (Å²) in [6, 6.07) is 18.1. The Labute approximate surface area is 198 Å². The number of sulfonamides is 1. The van der Waals surface area contributed by atoms with Gasteiger partial charge in [0, 0.05) is 11.3 Å². The van der Waals surface area contributed by atoms with E-state index in [1.807, 2.05) is 0 Å². The van der Waals surface area contributed by atoms with Crippen LogP contribution in [0, 0.1) is 5.82 Å². The van der Waals surface area contributed by atoms with Gasteiger partial charge in [0.25, 0.3) is 15.9 Å². The number of nitrogens with zero attached hydrogens (tertiary/aromatic N) is 2. The molecule has 174 valence electrons. The highest BCUT2D eigenvalue weighted by Gasteiger charge is 2.17. The van der Waals surface area contributed by atoms with Crippen molar-refractivity contribution in [3.63, 3.8) is 0 Å². The number of fused-ring (bicyclic) bond motifs is 1. The molecule has 0 aliphatic heterocycles. The van der Waals surface area contributed by atoms with Crippen molar-refractivity contribution in [2.75, 3.05) is 11.8 Å². The third-order valence-corrected chi connectivity index (χ3v) is 7.22. The zero-order chi connectivity index (χ0) is 24.3. The summed E-state index contributed by atoms with van der Waals surface area (Å²) in [5.74, 6) is -1.88. The summed E-state index contributed by atoms with van der Waals surface area (Å²) in [5.41, 5.74) is 0.416. The van der Waals surface area contributed by atoms with Gasteiger partial charge in [-0.2, -0.15) is 4.99 Å². The molecule has 1 aromatic heterocycles. The SMILES string of the molecule is COC(=O)Cn1c(=NC(=O)c2cccc(NS(=O)(=O)c3ccccc3)c2)sc2cccc(F)c21. The first-order valence-corrected chi connectivity index (χ1v) is 12.2. The lowest BCUT2D eigenvalue weighted by Gasteiger charge is -2.08. The van der Waals surface area contributed by atoms with E-state index in [-0.39, 0.29) is 33.0 Å². The minimum absolute atomic E-state index is 0.0765. The number of ether oxygens (including phenoxy) is 1. The lowest BCUT2D eigenvalue weighted by Crippen LogP contribution is -2.23. The minimum Gasteiger partial charge on any atom is -0.468 e. The lowest BCUT2D eigenvalue weighted by atomic mass is 10.2. The normalized spacial score (nSPS) is 12.0. The van der Waals surface area contributed by atoms with Crippen LogP contribution in [-0.2, 0) is 26.1 Å². The van der Waals surface area contributed by atoms with Crippen LogP contribution in [0.2, 0.25) is 0 Å². The molecule has 1 amide bonds. The highest BCUT2D eigenvalue weighted by molar-refractivity contribution is 7.92. The predicted octanol–water partition coefficient (Wildman–Crippen LogP) is 3.56. The van der Waals surface area contributed by atoms with E-state index in [2.05, 4.69) is 14.5 Å². The van der Waals surface area contributed by atoms with Crippen molar-refractivity contribution in [2.45, 2.75) is 11.4 Å². The van der Waals surface area contributed by atoms with E-state index < -0.39 is 27.7 Å². The number of rotatable bonds is 6. The lowest BCUT2D eigenvalue weighted by molar-refractivity contribution is -0.141. The van der Waals surface area contributed by atoms with Gasteiger partial charge in [0.2, 0.25) is 0 Å². The molecule has 11 heteroatoms. The van der Waals surface area contributed by atoms with Gasteiger partial charge >= 0.3 is 5.97 Å². The number of thiazole rings is 1. The second kappa shape index (κ2) is 9.57. The van der Waals surface area contributed by atoms with Crippen molar-refractivity contribution >= 4 is 49.1 Å². The molecule has 1 N–H and O–H groups in total. The van der Waals surface area contributed by atoms with Crippen LogP contribution >= 0.6 is 11.3 Å². The second-order valence-corrected chi connectivity index (χ2v) is 9.74. The van der Waals surface area contributed by atoms with Gasteiger partial charge in [-0.3, -0.25) is 14.3 Å². The van der Waals surface area contributed by atoms with Gasteiger partial charge in [0.15, 0.2) is 4.80 Å². The zero-order valence-electron chi connectivity index (χ0n) is 17.8. The fraction of sp³-hybridized carbons (Fsp3) is 0.0870. The Hall–Kier alpha value is -3.83. The van der Waals surface area contributed by atoms with E-state index in [1.165, 1.54) is 60.2 Å². The highest BCUT2D eigenvalue weighted by atomic mass is 32.2. The molecule has 0 saturated heterocycles. The molecule has 1 heterocycles. The molecule has 0 spiro atoms. The van der Waals surface area contributed by atoms with Gasteiger partial charge in [-0.15, -0.1) is 0 Å². The molecule has 0 atom stereocenters. The van der Waals surface area contributed by atoms with Gasteiger partial charge in [-0.1, -0.05) is 41.7 Å². The number of hydrogen-bond acceptors (Lipinski definition) is 6. The predicted molar refractivity (Wildman–Crippen MR) is 125 cm³/mol. The Balaban J connectivity index is 1.71. The van der Waals surface area contributed by atoms with Crippen molar-refractivity contribution < 1.29 is 27.1 Å². The van der Waals surface area contributed by atoms with Crippen molar-refractivity contribution in [3.05, 3.63) is 89.0 Å². The number of halogens is 1. The van der Waals surface area contributed by atoms with Crippen LogP contribution in [0.5, 0.6) is 0 Å². The van der Waals surface area contributed by atoms with Crippen LogP contribution in [0.1, 0.15) is 10.4 Å². The summed E-state index contributed by atoms with van der Waals surface area (Å²) in [5, 5.41) is 0. The molecule has 0 bridgehead atoms. The van der Waals surface area contributed by atoms with Gasteiger partial charge < -0.3 is 9.30 Å². The second-order valence-electron chi connectivity index (χ2n) is 7.05. The summed E-state index contributed by atoms with van der Waals surface area (Å²) in [7, 11) is -2.64. The quantitative estimate of drug-likeness (QED) is 0.408. The first-order valence-electron chi connectivity index (χ1n) is 9.90. The standard InChI is InChI=1S/C23H18FN3O5S2/c1-32-20(28)14-27-21-18(24)11-6-12-19(21)33-23(27)25-22(29)15-7-5-8-16(13-15)26-34(30,31)17-9-3-2-4-10-17/h2-13,26H,14H2,1H3. The van der Waals surface area contributed by atoms with Crippen molar-refractivity contribution in [1.82, 2.24) is 4.57 Å². The van der Waals surface area contributed by atoms with Gasteiger partial charge in [0.05, 0.1) is 22.2 Å². The number of methoxy groups -OCH3 is 1. The number of hydrogen-bond donors (Lipinski definition) is 1. The number of benzene rings is 3. The smallest absolute Gasteiger partial charge is 0.325 e. The molecular formula is C23H18FN3O5S2. The molecule has 0 unspecified atom stereocenters. The fourth-order valence-electron chi connectivity index (χ4n) is 3.19.